The summed E-state index contributed by atoms with van der Waals surface area (Å²) in [5.74, 6) is -0.641. The van der Waals surface area contributed by atoms with E-state index in [1.807, 2.05) is 12.1 Å². The van der Waals surface area contributed by atoms with Gasteiger partial charge in [-0.25, -0.2) is 0 Å². The van der Waals surface area contributed by atoms with Crippen LogP contribution in [0.5, 0.6) is 0 Å². The Balaban J connectivity index is 3.49. The van der Waals surface area contributed by atoms with Gasteiger partial charge >= 0.3 is 5.97 Å². The molecular formula is C16H18N2O2. The SMILES string of the molecule is CCOC(=O)[C@](C#N)(CC)[C@@](C)(C#N)c1ccccc1. The Morgan fingerprint density at radius 3 is 2.20 bits per heavy atom. The van der Waals surface area contributed by atoms with Crippen LogP contribution in [-0.2, 0) is 14.9 Å². The zero-order chi connectivity index (χ0) is 15.2. The highest BCUT2D eigenvalue weighted by Gasteiger charge is 2.56. The number of nitrogens with zero attached hydrogens (tertiary/aromatic N) is 2. The van der Waals surface area contributed by atoms with Crippen molar-refractivity contribution in [3.63, 3.8) is 0 Å². The molecule has 0 saturated carbocycles. The topological polar surface area (TPSA) is 73.9 Å². The van der Waals surface area contributed by atoms with Crippen LogP contribution in [-0.4, -0.2) is 12.6 Å². The molecule has 0 radical (unpaired) electrons. The predicted molar refractivity (Wildman–Crippen MR) is 74.4 cm³/mol. The van der Waals surface area contributed by atoms with E-state index in [2.05, 4.69) is 6.07 Å². The highest BCUT2D eigenvalue weighted by Crippen LogP contribution is 2.44. The van der Waals surface area contributed by atoms with Crippen LogP contribution in [0.2, 0.25) is 0 Å². The van der Waals surface area contributed by atoms with Crippen molar-refractivity contribution in [2.45, 2.75) is 32.6 Å². The maximum atomic E-state index is 12.3. The summed E-state index contributed by atoms with van der Waals surface area (Å²) in [6.07, 6.45) is 0.210. The Kier molecular flexibility index (Phi) is 4.88. The number of esters is 1. The summed E-state index contributed by atoms with van der Waals surface area (Å²) in [7, 11) is 0. The van der Waals surface area contributed by atoms with Crippen molar-refractivity contribution in [3.05, 3.63) is 35.9 Å². The fourth-order valence-electron chi connectivity index (χ4n) is 2.37. The number of carbonyl (C=O) groups excluding carboxylic acids is 1. The Hall–Kier alpha value is -2.33. The molecule has 104 valence electrons. The Bertz CT molecular complexity index is 556. The minimum atomic E-state index is -1.51. The van der Waals surface area contributed by atoms with Crippen LogP contribution in [0.15, 0.2) is 30.3 Å². The molecule has 1 aromatic rings. The van der Waals surface area contributed by atoms with Crippen LogP contribution in [0.3, 0.4) is 0 Å². The maximum Gasteiger partial charge on any atom is 0.328 e. The van der Waals surface area contributed by atoms with Gasteiger partial charge in [0.1, 0.15) is 5.41 Å². The van der Waals surface area contributed by atoms with Crippen LogP contribution in [0.1, 0.15) is 32.8 Å². The van der Waals surface area contributed by atoms with Crippen LogP contribution < -0.4 is 0 Å². The van der Waals surface area contributed by atoms with Gasteiger partial charge in [-0.05, 0) is 25.8 Å². The molecule has 1 rings (SSSR count). The molecule has 0 N–H and O–H groups in total. The average Bonchev–Trinajstić information content (AvgIpc) is 2.49. The minimum absolute atomic E-state index is 0.179. The molecule has 0 fully saturated rings. The standard InChI is InChI=1S/C16H18N2O2/c1-4-16(12-18,14(19)20-5-2)15(3,11-17)13-9-7-6-8-10-13/h6-10H,4-5H2,1-3H3/t15-,16+/m0/s1. The Morgan fingerprint density at radius 2 is 1.80 bits per heavy atom. The summed E-state index contributed by atoms with van der Waals surface area (Å²) in [5, 5.41) is 19.2. The number of benzene rings is 1. The fourth-order valence-corrected chi connectivity index (χ4v) is 2.37. The second-order valence-corrected chi connectivity index (χ2v) is 4.69. The number of ether oxygens (including phenoxy) is 1. The van der Waals surface area contributed by atoms with Crippen molar-refractivity contribution in [2.24, 2.45) is 5.41 Å². The van der Waals surface area contributed by atoms with Crippen LogP contribution >= 0.6 is 0 Å². The van der Waals surface area contributed by atoms with E-state index in [1.54, 1.807) is 45.0 Å². The molecule has 0 saturated heterocycles. The second-order valence-electron chi connectivity index (χ2n) is 4.69. The van der Waals surface area contributed by atoms with E-state index >= 15 is 0 Å². The first-order valence-corrected chi connectivity index (χ1v) is 6.57. The van der Waals surface area contributed by atoms with E-state index in [9.17, 15) is 15.3 Å². The molecule has 0 aliphatic rings. The van der Waals surface area contributed by atoms with Gasteiger partial charge in [0.2, 0.25) is 0 Å². The average molecular weight is 270 g/mol. The highest BCUT2D eigenvalue weighted by molar-refractivity contribution is 5.83. The van der Waals surface area contributed by atoms with Gasteiger partial charge in [0.05, 0.1) is 18.7 Å². The first kappa shape index (κ1) is 15.7. The largest absolute Gasteiger partial charge is 0.465 e. The van der Waals surface area contributed by atoms with Crippen molar-refractivity contribution in [2.75, 3.05) is 6.61 Å². The molecular weight excluding hydrogens is 252 g/mol. The molecule has 0 bridgehead atoms. The molecule has 0 amide bonds. The fraction of sp³-hybridized carbons (Fsp3) is 0.438. The Labute approximate surface area is 119 Å². The van der Waals surface area contributed by atoms with Gasteiger partial charge in [0.25, 0.3) is 0 Å². The van der Waals surface area contributed by atoms with Gasteiger partial charge in [0, 0.05) is 0 Å². The molecule has 0 unspecified atom stereocenters. The van der Waals surface area contributed by atoms with E-state index in [0.717, 1.165) is 0 Å². The number of carbonyl (C=O) groups is 1. The monoisotopic (exact) mass is 270 g/mol. The normalized spacial score (nSPS) is 16.1. The van der Waals surface area contributed by atoms with Crippen molar-refractivity contribution >= 4 is 5.97 Å². The number of hydrogen-bond donors (Lipinski definition) is 0. The van der Waals surface area contributed by atoms with E-state index in [1.165, 1.54) is 0 Å². The zero-order valence-electron chi connectivity index (χ0n) is 12.0. The van der Waals surface area contributed by atoms with Crippen molar-refractivity contribution < 1.29 is 9.53 Å². The lowest BCUT2D eigenvalue weighted by atomic mass is 9.61. The lowest BCUT2D eigenvalue weighted by Gasteiger charge is -2.36. The lowest BCUT2D eigenvalue weighted by molar-refractivity contribution is -0.154. The van der Waals surface area contributed by atoms with Crippen molar-refractivity contribution in [3.8, 4) is 12.1 Å². The minimum Gasteiger partial charge on any atom is -0.465 e. The molecule has 1 aromatic carbocycles. The summed E-state index contributed by atoms with van der Waals surface area (Å²) in [6, 6.07) is 13.1. The third kappa shape index (κ3) is 2.26. The van der Waals surface area contributed by atoms with Gasteiger partial charge in [-0.3, -0.25) is 4.79 Å². The molecule has 0 spiro atoms. The van der Waals surface area contributed by atoms with Crippen molar-refractivity contribution in [1.82, 2.24) is 0 Å². The third-order valence-corrected chi connectivity index (χ3v) is 3.77. The van der Waals surface area contributed by atoms with E-state index < -0.39 is 16.8 Å². The van der Waals surface area contributed by atoms with Gasteiger partial charge in [-0.2, -0.15) is 10.5 Å². The summed E-state index contributed by atoms with van der Waals surface area (Å²) in [4.78, 5) is 12.3. The quantitative estimate of drug-likeness (QED) is 0.771. The second kappa shape index (κ2) is 6.21. The van der Waals surface area contributed by atoms with Crippen LogP contribution in [0.25, 0.3) is 0 Å². The summed E-state index contributed by atoms with van der Waals surface area (Å²) in [6.45, 7) is 5.20. The van der Waals surface area contributed by atoms with Crippen molar-refractivity contribution in [1.29, 1.82) is 10.5 Å². The first-order chi connectivity index (χ1) is 9.52. The molecule has 0 aliphatic carbocycles. The zero-order valence-corrected chi connectivity index (χ0v) is 12.0. The number of nitriles is 2. The van der Waals surface area contributed by atoms with Gasteiger partial charge in [0.15, 0.2) is 5.41 Å². The Morgan fingerprint density at radius 1 is 1.20 bits per heavy atom. The molecule has 0 aliphatic heterocycles. The number of rotatable bonds is 5. The first-order valence-electron chi connectivity index (χ1n) is 6.57. The third-order valence-electron chi connectivity index (χ3n) is 3.77. The van der Waals surface area contributed by atoms with E-state index in [4.69, 9.17) is 4.74 Å². The molecule has 4 nitrogen and oxygen atoms in total. The predicted octanol–water partition coefficient (Wildman–Crippen LogP) is 2.95. The van der Waals surface area contributed by atoms with Crippen LogP contribution in [0.4, 0.5) is 0 Å². The van der Waals surface area contributed by atoms with Crippen LogP contribution in [0, 0.1) is 28.1 Å². The summed E-state index contributed by atoms with van der Waals surface area (Å²) in [5.41, 5.74) is -2.14. The molecule has 0 aromatic heterocycles. The molecule has 4 heteroatoms. The summed E-state index contributed by atoms with van der Waals surface area (Å²) >= 11 is 0. The highest BCUT2D eigenvalue weighted by atomic mass is 16.5. The molecule has 2 atom stereocenters. The lowest BCUT2D eigenvalue weighted by Crippen LogP contribution is -2.48. The van der Waals surface area contributed by atoms with Gasteiger partial charge in [-0.15, -0.1) is 0 Å². The van der Waals surface area contributed by atoms with E-state index in [0.29, 0.717) is 5.56 Å². The van der Waals surface area contributed by atoms with E-state index in [-0.39, 0.29) is 13.0 Å². The number of hydrogen-bond acceptors (Lipinski definition) is 4. The molecule has 0 heterocycles. The summed E-state index contributed by atoms with van der Waals surface area (Å²) < 4.78 is 5.05. The molecule has 20 heavy (non-hydrogen) atoms. The maximum absolute atomic E-state index is 12.3. The van der Waals surface area contributed by atoms with Gasteiger partial charge < -0.3 is 4.74 Å². The van der Waals surface area contributed by atoms with Gasteiger partial charge in [-0.1, -0.05) is 37.3 Å². The smallest absolute Gasteiger partial charge is 0.328 e.